The molecule has 1 amide bonds. The van der Waals surface area contributed by atoms with Gasteiger partial charge in [0.2, 0.25) is 0 Å². The van der Waals surface area contributed by atoms with Crippen molar-refractivity contribution in [2.45, 2.75) is 25.8 Å². The van der Waals surface area contributed by atoms with Gasteiger partial charge in [-0.1, -0.05) is 0 Å². The summed E-state index contributed by atoms with van der Waals surface area (Å²) in [6.07, 6.45) is 7.44. The molecule has 0 unspecified atom stereocenters. The van der Waals surface area contributed by atoms with Gasteiger partial charge in [-0.3, -0.25) is 9.48 Å². The maximum Gasteiger partial charge on any atom is 0.271 e. The van der Waals surface area contributed by atoms with E-state index >= 15 is 0 Å². The van der Waals surface area contributed by atoms with Gasteiger partial charge in [0, 0.05) is 12.4 Å². The third-order valence-corrected chi connectivity index (χ3v) is 2.91. The lowest BCUT2D eigenvalue weighted by Gasteiger charge is -2.06. The molecule has 7 heteroatoms. The summed E-state index contributed by atoms with van der Waals surface area (Å²) >= 11 is 0. The Morgan fingerprint density at radius 2 is 2.26 bits per heavy atom. The number of hydrogen-bond donors (Lipinski definition) is 2. The molecule has 0 spiro atoms. The van der Waals surface area contributed by atoms with Crippen LogP contribution in [0.2, 0.25) is 0 Å². The zero-order valence-electron chi connectivity index (χ0n) is 10.5. The molecule has 7 nitrogen and oxygen atoms in total. The second-order valence-corrected chi connectivity index (χ2v) is 4.64. The smallest absolute Gasteiger partial charge is 0.271 e. The number of aromatic nitrogens is 4. The van der Waals surface area contributed by atoms with Crippen molar-refractivity contribution in [1.82, 2.24) is 19.7 Å². The lowest BCUT2D eigenvalue weighted by Crippen LogP contribution is -2.16. The molecule has 3 rings (SSSR count). The highest BCUT2D eigenvalue weighted by molar-refractivity contribution is 5.96. The van der Waals surface area contributed by atoms with Gasteiger partial charge in [-0.15, -0.1) is 0 Å². The SMILES string of the molecule is Cc1cnc(C(N)=O)c(Nc2cnn(C3CC3)c2)n1. The van der Waals surface area contributed by atoms with Crippen LogP contribution >= 0.6 is 0 Å². The highest BCUT2D eigenvalue weighted by atomic mass is 16.1. The zero-order chi connectivity index (χ0) is 13.4. The molecular formula is C12H14N6O. The summed E-state index contributed by atoms with van der Waals surface area (Å²) in [4.78, 5) is 19.6. The largest absolute Gasteiger partial charge is 0.364 e. The minimum absolute atomic E-state index is 0.129. The van der Waals surface area contributed by atoms with E-state index in [9.17, 15) is 4.79 Å². The van der Waals surface area contributed by atoms with Crippen molar-refractivity contribution in [2.75, 3.05) is 5.32 Å². The third kappa shape index (κ3) is 2.40. The predicted octanol–water partition coefficient (Wildman–Crippen LogP) is 1.16. The Labute approximate surface area is 109 Å². The van der Waals surface area contributed by atoms with Crippen molar-refractivity contribution in [3.05, 3.63) is 30.0 Å². The molecule has 0 bridgehead atoms. The van der Waals surface area contributed by atoms with Gasteiger partial charge in [-0.25, -0.2) is 9.97 Å². The van der Waals surface area contributed by atoms with E-state index in [1.165, 1.54) is 6.20 Å². The van der Waals surface area contributed by atoms with E-state index in [1.807, 2.05) is 10.9 Å². The summed E-state index contributed by atoms with van der Waals surface area (Å²) < 4.78 is 1.91. The number of nitrogens with one attached hydrogen (secondary N) is 1. The van der Waals surface area contributed by atoms with Gasteiger partial charge in [-0.2, -0.15) is 5.10 Å². The van der Waals surface area contributed by atoms with Crippen LogP contribution in [0.4, 0.5) is 11.5 Å². The fourth-order valence-corrected chi connectivity index (χ4v) is 1.82. The van der Waals surface area contributed by atoms with E-state index in [1.54, 1.807) is 13.1 Å². The van der Waals surface area contributed by atoms with Crippen LogP contribution in [0.3, 0.4) is 0 Å². The van der Waals surface area contributed by atoms with Crippen LogP contribution in [0.15, 0.2) is 18.6 Å². The van der Waals surface area contributed by atoms with Gasteiger partial charge >= 0.3 is 0 Å². The third-order valence-electron chi connectivity index (χ3n) is 2.91. The van der Waals surface area contributed by atoms with Crippen molar-refractivity contribution < 1.29 is 4.79 Å². The normalized spacial score (nSPS) is 14.4. The number of carbonyl (C=O) groups excluding carboxylic acids is 1. The number of aryl methyl sites for hydroxylation is 1. The van der Waals surface area contributed by atoms with E-state index in [-0.39, 0.29) is 5.69 Å². The average molecular weight is 258 g/mol. The second-order valence-electron chi connectivity index (χ2n) is 4.64. The number of amides is 1. The van der Waals surface area contributed by atoms with Crippen LogP contribution in [0.1, 0.15) is 35.1 Å². The minimum atomic E-state index is -0.607. The molecule has 1 fully saturated rings. The van der Waals surface area contributed by atoms with E-state index in [2.05, 4.69) is 20.4 Å². The maximum atomic E-state index is 11.3. The minimum Gasteiger partial charge on any atom is -0.364 e. The Bertz CT molecular complexity index is 631. The molecular weight excluding hydrogens is 244 g/mol. The molecule has 0 aliphatic heterocycles. The van der Waals surface area contributed by atoms with E-state index in [0.717, 1.165) is 18.5 Å². The van der Waals surface area contributed by atoms with E-state index in [4.69, 9.17) is 5.73 Å². The number of carbonyl (C=O) groups is 1. The molecule has 98 valence electrons. The maximum absolute atomic E-state index is 11.3. The first-order chi connectivity index (χ1) is 9.13. The number of primary amides is 1. The highest BCUT2D eigenvalue weighted by Gasteiger charge is 2.24. The first-order valence-corrected chi connectivity index (χ1v) is 6.08. The number of rotatable bonds is 4. The highest BCUT2D eigenvalue weighted by Crippen LogP contribution is 2.34. The van der Waals surface area contributed by atoms with Crippen molar-refractivity contribution in [3.63, 3.8) is 0 Å². The van der Waals surface area contributed by atoms with Crippen LogP contribution in [-0.4, -0.2) is 25.7 Å². The van der Waals surface area contributed by atoms with Gasteiger partial charge in [0.25, 0.3) is 5.91 Å². The van der Waals surface area contributed by atoms with Gasteiger partial charge in [-0.05, 0) is 19.8 Å². The quantitative estimate of drug-likeness (QED) is 0.857. The van der Waals surface area contributed by atoms with Crippen LogP contribution in [0.25, 0.3) is 0 Å². The number of hydrogen-bond acceptors (Lipinski definition) is 5. The lowest BCUT2D eigenvalue weighted by atomic mass is 10.3. The first-order valence-electron chi connectivity index (χ1n) is 6.08. The van der Waals surface area contributed by atoms with Gasteiger partial charge < -0.3 is 11.1 Å². The van der Waals surface area contributed by atoms with E-state index in [0.29, 0.717) is 17.6 Å². The Balaban J connectivity index is 1.88. The predicted molar refractivity (Wildman–Crippen MR) is 69.1 cm³/mol. The van der Waals surface area contributed by atoms with Crippen molar-refractivity contribution in [1.29, 1.82) is 0 Å². The first kappa shape index (κ1) is 11.6. The van der Waals surface area contributed by atoms with Gasteiger partial charge in [0.05, 0.1) is 23.6 Å². The number of nitrogens with two attached hydrogens (primary N) is 1. The molecule has 1 saturated carbocycles. The molecule has 2 heterocycles. The molecule has 1 aliphatic rings. The Kier molecular flexibility index (Phi) is 2.66. The number of nitrogens with zero attached hydrogens (tertiary/aromatic N) is 4. The Morgan fingerprint density at radius 1 is 1.47 bits per heavy atom. The Morgan fingerprint density at radius 3 is 2.95 bits per heavy atom. The summed E-state index contributed by atoms with van der Waals surface area (Å²) in [5.41, 5.74) is 6.89. The zero-order valence-corrected chi connectivity index (χ0v) is 10.5. The second kappa shape index (κ2) is 4.34. The average Bonchev–Trinajstić information content (AvgIpc) is 3.10. The lowest BCUT2D eigenvalue weighted by molar-refractivity contribution is 0.0996. The molecule has 0 atom stereocenters. The summed E-state index contributed by atoms with van der Waals surface area (Å²) in [5, 5.41) is 7.30. The van der Waals surface area contributed by atoms with Crippen LogP contribution in [0.5, 0.6) is 0 Å². The molecule has 2 aromatic heterocycles. The monoisotopic (exact) mass is 258 g/mol. The summed E-state index contributed by atoms with van der Waals surface area (Å²) in [5.74, 6) is -0.243. The van der Waals surface area contributed by atoms with Crippen molar-refractivity contribution >= 4 is 17.4 Å². The standard InChI is InChI=1S/C12H14N6O/c1-7-4-14-10(11(13)19)12(16-7)17-8-5-15-18(6-8)9-2-3-9/h4-6,9H,2-3H2,1H3,(H2,13,19)(H,16,17). The molecule has 0 radical (unpaired) electrons. The molecule has 1 aliphatic carbocycles. The topological polar surface area (TPSA) is 98.7 Å². The van der Waals surface area contributed by atoms with Crippen LogP contribution in [-0.2, 0) is 0 Å². The van der Waals surface area contributed by atoms with Crippen LogP contribution < -0.4 is 11.1 Å². The van der Waals surface area contributed by atoms with E-state index < -0.39 is 5.91 Å². The summed E-state index contributed by atoms with van der Waals surface area (Å²) in [7, 11) is 0. The summed E-state index contributed by atoms with van der Waals surface area (Å²) in [6, 6.07) is 0.509. The molecule has 0 aromatic carbocycles. The molecule has 19 heavy (non-hydrogen) atoms. The van der Waals surface area contributed by atoms with Gasteiger partial charge in [0.15, 0.2) is 11.5 Å². The summed E-state index contributed by atoms with van der Waals surface area (Å²) in [6.45, 7) is 1.80. The van der Waals surface area contributed by atoms with Gasteiger partial charge in [0.1, 0.15) is 0 Å². The molecule has 0 saturated heterocycles. The Hall–Kier alpha value is -2.44. The number of anilines is 2. The fourth-order valence-electron chi connectivity index (χ4n) is 1.82. The fraction of sp³-hybridized carbons (Fsp3) is 0.333. The van der Waals surface area contributed by atoms with Crippen LogP contribution in [0, 0.1) is 6.92 Å². The molecule has 2 aromatic rings. The van der Waals surface area contributed by atoms with Crippen molar-refractivity contribution in [2.24, 2.45) is 5.73 Å². The molecule has 3 N–H and O–H groups in total. The van der Waals surface area contributed by atoms with Crippen molar-refractivity contribution in [3.8, 4) is 0 Å².